The minimum atomic E-state index is -1.65. The number of carbonyl (C=O) groups excluding carboxylic acids is 5. The van der Waals surface area contributed by atoms with Gasteiger partial charge < -0.3 is 44.6 Å². The summed E-state index contributed by atoms with van der Waals surface area (Å²) >= 11 is 2.09. The lowest BCUT2D eigenvalue weighted by atomic mass is 10.0. The van der Waals surface area contributed by atoms with Crippen LogP contribution in [0.2, 0.25) is 0 Å². The fraction of sp³-hybridized carbons (Fsp3) is 0.278. The van der Waals surface area contributed by atoms with Gasteiger partial charge in [-0.1, -0.05) is 23.9 Å². The van der Waals surface area contributed by atoms with E-state index < -0.39 is 94.9 Å². The molecule has 0 radical (unpaired) electrons. The predicted molar refractivity (Wildman–Crippen MR) is 205 cm³/mol. The molecule has 0 saturated carbocycles. The highest BCUT2D eigenvalue weighted by Crippen LogP contribution is 2.42. The van der Waals surface area contributed by atoms with Crippen molar-refractivity contribution < 1.29 is 72.3 Å². The number of nitrogens with zero attached hydrogens (tertiary/aromatic N) is 5. The van der Waals surface area contributed by atoms with Gasteiger partial charge in [0.1, 0.15) is 46.8 Å². The van der Waals surface area contributed by atoms with E-state index in [1.807, 2.05) is 0 Å². The number of aryl methyl sites for hydroxylation is 1. The average molecular weight is 882 g/mol. The van der Waals surface area contributed by atoms with Gasteiger partial charge in [-0.15, -0.1) is 16.9 Å². The summed E-state index contributed by atoms with van der Waals surface area (Å²) in [4.78, 5) is 115. The van der Waals surface area contributed by atoms with Crippen LogP contribution in [0.4, 0.5) is 0 Å². The first-order valence-corrected chi connectivity index (χ1v) is 19.5. The number of carboxylic acid groups (broad SMARTS) is 3. The van der Waals surface area contributed by atoms with Gasteiger partial charge in [0, 0.05) is 25.4 Å². The number of fused-ring (bicyclic) bond motifs is 2. The Morgan fingerprint density at radius 3 is 2.33 bits per heavy atom. The van der Waals surface area contributed by atoms with Gasteiger partial charge in [-0.2, -0.15) is 0 Å². The molecule has 3 atom stereocenters. The molecule has 0 bridgehead atoms. The van der Waals surface area contributed by atoms with Gasteiger partial charge in [-0.3, -0.25) is 38.5 Å². The molecular formula is C36H31N7O16S2. The zero-order valence-corrected chi connectivity index (χ0v) is 33.4. The Morgan fingerprint density at radius 1 is 0.984 bits per heavy atom. The number of nitrogens with one attached hydrogen (secondary N) is 2. The Hall–Kier alpha value is -7.28. The molecule has 2 aromatic heterocycles. The van der Waals surface area contributed by atoms with Gasteiger partial charge in [-0.05, 0) is 52.8 Å². The van der Waals surface area contributed by atoms with Gasteiger partial charge in [0.15, 0.2) is 17.9 Å². The van der Waals surface area contributed by atoms with Crippen LogP contribution in [0, 0.1) is 6.92 Å². The lowest BCUT2D eigenvalue weighted by Gasteiger charge is -2.49. The smallest absolute Gasteiger partial charge is 0.352 e. The topological polar surface area (TPSA) is 326 Å². The molecule has 2 aromatic carbocycles. The van der Waals surface area contributed by atoms with Crippen molar-refractivity contribution in [3.05, 3.63) is 74.8 Å². The molecule has 318 valence electrons. The Bertz CT molecular complexity index is 2610. The number of carbonyl (C=O) groups is 8. The van der Waals surface area contributed by atoms with Gasteiger partial charge >= 0.3 is 29.8 Å². The van der Waals surface area contributed by atoms with Gasteiger partial charge in [-0.25, -0.2) is 14.3 Å². The van der Waals surface area contributed by atoms with Crippen molar-refractivity contribution in [1.82, 2.24) is 35.7 Å². The van der Waals surface area contributed by atoms with Crippen molar-refractivity contribution in [2.24, 2.45) is 0 Å². The first kappa shape index (κ1) is 43.3. The standard InChI is InChI=1S/C36H31N7O16S2/c1-14-24(28(50)20-8-9-21(58-15(2)44)30(29(20)57-14)59-16(3)45)31(51)37-25(17-4-6-19(7-5-17)56-11-23(48)49)32(52)38-26-33(53)43-27(35(54)55)18(12-60-34(26)43)13-61-36-39-40-41-42(36)10-22(46)47/h4-9,25-26,34H,10-13H2,1-3H3,(H,37,51)(H,38,52)(H,46,47)(H,48,49)(H,54,55)/t25?,26-,34-/m1/s1. The van der Waals surface area contributed by atoms with E-state index in [1.165, 1.54) is 37.3 Å². The monoisotopic (exact) mass is 881 g/mol. The Morgan fingerprint density at radius 2 is 1.69 bits per heavy atom. The highest BCUT2D eigenvalue weighted by Gasteiger charge is 2.54. The summed E-state index contributed by atoms with van der Waals surface area (Å²) in [6, 6.07) is 4.67. The number of carboxylic acids is 3. The molecule has 23 nitrogen and oxygen atoms in total. The second kappa shape index (κ2) is 17.9. The number of aliphatic carboxylic acids is 3. The number of esters is 2. The van der Waals surface area contributed by atoms with Crippen LogP contribution in [-0.2, 0) is 40.1 Å². The normalized spacial score (nSPS) is 16.2. The lowest BCUT2D eigenvalue weighted by molar-refractivity contribution is -0.151. The summed E-state index contributed by atoms with van der Waals surface area (Å²) in [6.45, 7) is 2.17. The van der Waals surface area contributed by atoms with Gasteiger partial charge in [0.05, 0.1) is 5.39 Å². The molecule has 61 heavy (non-hydrogen) atoms. The number of amides is 3. The number of thioether (sulfide) groups is 2. The molecule has 4 aromatic rings. The first-order valence-electron chi connectivity index (χ1n) is 17.5. The van der Waals surface area contributed by atoms with E-state index >= 15 is 0 Å². The highest BCUT2D eigenvalue weighted by atomic mass is 32.2. The molecule has 1 fully saturated rings. The first-order chi connectivity index (χ1) is 28.9. The molecule has 1 unspecified atom stereocenters. The van der Waals surface area contributed by atoms with Crippen molar-refractivity contribution >= 4 is 82.1 Å². The lowest BCUT2D eigenvalue weighted by Crippen LogP contribution is -2.71. The van der Waals surface area contributed by atoms with Crippen molar-refractivity contribution in [1.29, 1.82) is 0 Å². The van der Waals surface area contributed by atoms with Crippen molar-refractivity contribution in [2.75, 3.05) is 18.1 Å². The number of tetrazole rings is 1. The van der Waals surface area contributed by atoms with Crippen LogP contribution in [0.25, 0.3) is 11.0 Å². The molecule has 2 aliphatic rings. The summed E-state index contributed by atoms with van der Waals surface area (Å²) in [5, 5.41) is 43.0. The van der Waals surface area contributed by atoms with Crippen LogP contribution in [0.5, 0.6) is 17.2 Å². The third kappa shape index (κ3) is 9.31. The van der Waals surface area contributed by atoms with E-state index in [4.69, 9.17) is 28.8 Å². The number of hydrogen-bond acceptors (Lipinski definition) is 18. The van der Waals surface area contributed by atoms with Crippen LogP contribution in [0.15, 0.2) is 62.0 Å². The van der Waals surface area contributed by atoms with Crippen LogP contribution in [0.3, 0.4) is 0 Å². The molecular weight excluding hydrogens is 851 g/mol. The van der Waals surface area contributed by atoms with E-state index in [0.717, 1.165) is 53.0 Å². The number of hydrogen-bond donors (Lipinski definition) is 5. The fourth-order valence-electron chi connectivity index (χ4n) is 6.18. The third-order valence-corrected chi connectivity index (χ3v) is 11.1. The Balaban J connectivity index is 1.28. The van der Waals surface area contributed by atoms with Crippen molar-refractivity contribution in [3.8, 4) is 17.2 Å². The van der Waals surface area contributed by atoms with Crippen LogP contribution in [0.1, 0.15) is 41.6 Å². The molecule has 0 aliphatic carbocycles. The second-order valence-electron chi connectivity index (χ2n) is 12.9. The Labute approximate surface area is 349 Å². The van der Waals surface area contributed by atoms with Gasteiger partial charge in [0.25, 0.3) is 11.8 Å². The molecule has 0 spiro atoms. The summed E-state index contributed by atoms with van der Waals surface area (Å²) in [5.74, 6) is -9.24. The molecule has 1 saturated heterocycles. The van der Waals surface area contributed by atoms with E-state index in [1.54, 1.807) is 0 Å². The summed E-state index contributed by atoms with van der Waals surface area (Å²) in [7, 11) is 0. The maximum Gasteiger partial charge on any atom is 0.352 e. The number of aromatic nitrogens is 4. The molecule has 4 heterocycles. The fourth-order valence-corrected chi connectivity index (χ4v) is 8.54. The average Bonchev–Trinajstić information content (AvgIpc) is 3.63. The van der Waals surface area contributed by atoms with E-state index in [9.17, 15) is 48.3 Å². The third-order valence-electron chi connectivity index (χ3n) is 8.70. The second-order valence-corrected chi connectivity index (χ2v) is 15.0. The van der Waals surface area contributed by atoms with Crippen LogP contribution < -0.4 is 30.3 Å². The maximum atomic E-state index is 14.1. The molecule has 6 rings (SSSR count). The molecule has 2 aliphatic heterocycles. The SMILES string of the molecule is CC(=O)Oc1ccc2c(=O)c(C(=O)NC(C(=O)N[C@@H]3C(=O)N4C(C(=O)O)=C(CSc5nnnn5CC(=O)O)CS[C@H]34)c3ccc(OCC(=O)O)cc3)c(C)oc2c1OC(C)=O. The number of β-lactam (4-membered cyclic amide) rings is 1. The zero-order chi connectivity index (χ0) is 44.3. The number of rotatable bonds is 16. The van der Waals surface area contributed by atoms with E-state index in [-0.39, 0.29) is 56.2 Å². The quantitative estimate of drug-likeness (QED) is 0.0442. The van der Waals surface area contributed by atoms with Crippen molar-refractivity contribution in [3.63, 3.8) is 0 Å². The van der Waals surface area contributed by atoms with Crippen molar-refractivity contribution in [2.45, 2.75) is 49.9 Å². The Kier molecular flexibility index (Phi) is 12.7. The molecule has 3 amide bonds. The molecule has 25 heteroatoms. The largest absolute Gasteiger partial charge is 0.482 e. The summed E-state index contributed by atoms with van der Waals surface area (Å²) in [6.07, 6.45) is 0. The maximum absolute atomic E-state index is 14.1. The minimum absolute atomic E-state index is 0.0248. The van der Waals surface area contributed by atoms with E-state index in [0.29, 0.717) is 5.57 Å². The predicted octanol–water partition coefficient (Wildman–Crippen LogP) is 0.489. The number of ether oxygens (including phenoxy) is 3. The zero-order valence-electron chi connectivity index (χ0n) is 31.7. The summed E-state index contributed by atoms with van der Waals surface area (Å²) in [5.41, 5.74) is -1.81. The highest BCUT2D eigenvalue weighted by molar-refractivity contribution is 8.01. The number of benzene rings is 2. The van der Waals surface area contributed by atoms with E-state index in [2.05, 4.69) is 26.2 Å². The molecule has 5 N–H and O–H groups in total. The summed E-state index contributed by atoms with van der Waals surface area (Å²) < 4.78 is 22.3. The van der Waals surface area contributed by atoms with Crippen LogP contribution in [-0.4, -0.2) is 118 Å². The van der Waals surface area contributed by atoms with Crippen LogP contribution >= 0.6 is 23.5 Å². The minimum Gasteiger partial charge on any atom is -0.482 e. The van der Waals surface area contributed by atoms with Gasteiger partial charge in [0.2, 0.25) is 22.2 Å².